The lowest BCUT2D eigenvalue weighted by Crippen LogP contribution is -2.44. The molecule has 0 saturated carbocycles. The summed E-state index contributed by atoms with van der Waals surface area (Å²) in [4.78, 5) is 32.2. The van der Waals surface area contributed by atoms with E-state index in [1.807, 2.05) is 18.2 Å². The maximum Gasteiger partial charge on any atom is 0.238 e. The van der Waals surface area contributed by atoms with E-state index in [0.717, 1.165) is 17.3 Å². The average molecular weight is 498 g/mol. The number of para-hydroxylation sites is 1. The molecule has 3 aromatic carbocycles. The molecule has 0 spiro atoms. The van der Waals surface area contributed by atoms with Gasteiger partial charge in [-0.05, 0) is 48.0 Å². The lowest BCUT2D eigenvalue weighted by atomic mass is 10.2. The Morgan fingerprint density at radius 2 is 1.85 bits per heavy atom. The largest absolute Gasteiger partial charge is 0.497 e. The van der Waals surface area contributed by atoms with Crippen LogP contribution < -0.4 is 10.1 Å². The summed E-state index contributed by atoms with van der Waals surface area (Å²) in [6, 6.07) is 20.2. The molecule has 1 fully saturated rings. The topological polar surface area (TPSA) is 71.0 Å². The Morgan fingerprint density at radius 1 is 1.15 bits per heavy atom. The SMILES string of the molecule is COc1ccc(N=C2SC(C(=O)Nc3ccccc3F)CC(=O)N2Cc2ccccc2Cl)cc1. The molecule has 1 N–H and O–H groups in total. The number of amidine groups is 1. The van der Waals surface area contributed by atoms with Crippen LogP contribution in [0.25, 0.3) is 0 Å². The van der Waals surface area contributed by atoms with Crippen molar-refractivity contribution in [2.75, 3.05) is 12.4 Å². The fourth-order valence-electron chi connectivity index (χ4n) is 3.34. The van der Waals surface area contributed by atoms with Gasteiger partial charge in [0.05, 0.1) is 25.0 Å². The van der Waals surface area contributed by atoms with Crippen LogP contribution in [-0.4, -0.2) is 34.2 Å². The predicted molar refractivity (Wildman–Crippen MR) is 133 cm³/mol. The molecule has 6 nitrogen and oxygen atoms in total. The zero-order valence-corrected chi connectivity index (χ0v) is 19.8. The Morgan fingerprint density at radius 3 is 2.56 bits per heavy atom. The van der Waals surface area contributed by atoms with Crippen molar-refractivity contribution in [2.24, 2.45) is 4.99 Å². The Kier molecular flexibility index (Phi) is 7.49. The minimum absolute atomic E-state index is 0.0585. The summed E-state index contributed by atoms with van der Waals surface area (Å²) in [5, 5.41) is 2.69. The van der Waals surface area contributed by atoms with Gasteiger partial charge in [-0.2, -0.15) is 0 Å². The predicted octanol–water partition coefficient (Wildman–Crippen LogP) is 5.65. The highest BCUT2D eigenvalue weighted by molar-refractivity contribution is 8.15. The zero-order chi connectivity index (χ0) is 24.1. The van der Waals surface area contributed by atoms with Crippen LogP contribution >= 0.6 is 23.4 Å². The number of ether oxygens (including phenoxy) is 1. The third-order valence-electron chi connectivity index (χ3n) is 5.15. The molecule has 4 rings (SSSR count). The maximum absolute atomic E-state index is 14.0. The molecular formula is C25H21ClFN3O3S. The van der Waals surface area contributed by atoms with E-state index < -0.39 is 17.0 Å². The fourth-order valence-corrected chi connectivity index (χ4v) is 4.63. The van der Waals surface area contributed by atoms with Gasteiger partial charge in [0, 0.05) is 11.4 Å². The van der Waals surface area contributed by atoms with Gasteiger partial charge in [-0.15, -0.1) is 0 Å². The number of carbonyl (C=O) groups is 2. The molecule has 1 aliphatic heterocycles. The molecule has 1 unspecified atom stereocenters. The van der Waals surface area contributed by atoms with E-state index in [4.69, 9.17) is 16.3 Å². The molecule has 1 atom stereocenters. The maximum atomic E-state index is 14.0. The highest BCUT2D eigenvalue weighted by Gasteiger charge is 2.36. The number of amides is 2. The highest BCUT2D eigenvalue weighted by atomic mass is 35.5. The summed E-state index contributed by atoms with van der Waals surface area (Å²) >= 11 is 7.47. The zero-order valence-electron chi connectivity index (χ0n) is 18.2. The molecule has 1 aliphatic rings. The Balaban J connectivity index is 1.62. The Labute approximate surface area is 205 Å². The second kappa shape index (κ2) is 10.7. The van der Waals surface area contributed by atoms with Crippen molar-refractivity contribution in [3.8, 4) is 5.75 Å². The molecule has 1 saturated heterocycles. The monoisotopic (exact) mass is 497 g/mol. The van der Waals surface area contributed by atoms with Crippen molar-refractivity contribution in [3.05, 3.63) is 89.2 Å². The smallest absolute Gasteiger partial charge is 0.238 e. The summed E-state index contributed by atoms with van der Waals surface area (Å²) in [5.74, 6) is -0.621. The van der Waals surface area contributed by atoms with Crippen LogP contribution in [0, 0.1) is 5.82 Å². The van der Waals surface area contributed by atoms with Gasteiger partial charge >= 0.3 is 0 Å². The minimum Gasteiger partial charge on any atom is -0.497 e. The number of carbonyl (C=O) groups excluding carboxylic acids is 2. The molecule has 174 valence electrons. The van der Waals surface area contributed by atoms with Crippen LogP contribution in [0.2, 0.25) is 5.02 Å². The van der Waals surface area contributed by atoms with Crippen LogP contribution in [0.15, 0.2) is 77.8 Å². The van der Waals surface area contributed by atoms with Gasteiger partial charge in [0.25, 0.3) is 0 Å². The van der Waals surface area contributed by atoms with E-state index in [1.54, 1.807) is 43.5 Å². The molecule has 0 radical (unpaired) electrons. The summed E-state index contributed by atoms with van der Waals surface area (Å²) < 4.78 is 19.2. The van der Waals surface area contributed by atoms with Gasteiger partial charge in [-0.1, -0.05) is 53.7 Å². The lowest BCUT2D eigenvalue weighted by molar-refractivity contribution is -0.129. The summed E-state index contributed by atoms with van der Waals surface area (Å²) in [5.41, 5.74) is 1.41. The number of nitrogens with zero attached hydrogens (tertiary/aromatic N) is 2. The lowest BCUT2D eigenvalue weighted by Gasteiger charge is -2.32. The molecule has 1 heterocycles. The van der Waals surface area contributed by atoms with E-state index in [2.05, 4.69) is 10.3 Å². The van der Waals surface area contributed by atoms with Gasteiger partial charge in [-0.25, -0.2) is 9.38 Å². The first-order valence-electron chi connectivity index (χ1n) is 10.4. The first-order valence-corrected chi connectivity index (χ1v) is 11.7. The fraction of sp³-hybridized carbons (Fsp3) is 0.160. The Hall–Kier alpha value is -3.36. The molecule has 0 bridgehead atoms. The second-order valence-corrected chi connectivity index (χ2v) is 9.02. The van der Waals surface area contributed by atoms with Gasteiger partial charge < -0.3 is 10.1 Å². The molecule has 0 aliphatic carbocycles. The number of thioether (sulfide) groups is 1. The number of anilines is 1. The van der Waals surface area contributed by atoms with E-state index in [-0.39, 0.29) is 24.6 Å². The third-order valence-corrected chi connectivity index (χ3v) is 6.70. The average Bonchev–Trinajstić information content (AvgIpc) is 2.84. The number of hydrogen-bond acceptors (Lipinski definition) is 5. The van der Waals surface area contributed by atoms with Gasteiger partial charge in [0.1, 0.15) is 16.8 Å². The quantitative estimate of drug-likeness (QED) is 0.478. The van der Waals surface area contributed by atoms with E-state index in [0.29, 0.717) is 21.6 Å². The molecule has 0 aromatic heterocycles. The highest BCUT2D eigenvalue weighted by Crippen LogP contribution is 2.32. The summed E-state index contributed by atoms with van der Waals surface area (Å²) in [6.45, 7) is 0.210. The van der Waals surface area contributed by atoms with Crippen LogP contribution in [0.3, 0.4) is 0 Å². The van der Waals surface area contributed by atoms with Crippen LogP contribution in [0.1, 0.15) is 12.0 Å². The third kappa shape index (κ3) is 5.58. The number of benzene rings is 3. The Bertz CT molecular complexity index is 1240. The van der Waals surface area contributed by atoms with Crippen molar-refractivity contribution in [1.82, 2.24) is 4.90 Å². The standard InChI is InChI=1S/C25H21ClFN3O3S/c1-33-18-12-10-17(11-13-18)28-25-30(15-16-6-2-3-7-19(16)26)23(31)14-22(34-25)24(32)29-21-9-5-4-8-20(21)27/h2-13,22H,14-15H2,1H3,(H,29,32). The molecule has 2 amide bonds. The number of rotatable bonds is 6. The second-order valence-electron chi connectivity index (χ2n) is 7.44. The minimum atomic E-state index is -0.772. The number of hydrogen-bond donors (Lipinski definition) is 1. The first kappa shape index (κ1) is 23.8. The molecule has 34 heavy (non-hydrogen) atoms. The van der Waals surface area contributed by atoms with E-state index in [9.17, 15) is 14.0 Å². The van der Waals surface area contributed by atoms with Crippen molar-refractivity contribution in [2.45, 2.75) is 18.2 Å². The van der Waals surface area contributed by atoms with Crippen LogP contribution in [0.4, 0.5) is 15.8 Å². The first-order chi connectivity index (χ1) is 16.4. The van der Waals surface area contributed by atoms with Crippen molar-refractivity contribution < 1.29 is 18.7 Å². The summed E-state index contributed by atoms with van der Waals surface area (Å²) in [7, 11) is 1.57. The molecular weight excluding hydrogens is 477 g/mol. The summed E-state index contributed by atoms with van der Waals surface area (Å²) in [6.07, 6.45) is -0.0585. The number of halogens is 2. The van der Waals surface area contributed by atoms with Crippen LogP contribution in [-0.2, 0) is 16.1 Å². The van der Waals surface area contributed by atoms with Gasteiger partial charge in [-0.3, -0.25) is 14.5 Å². The van der Waals surface area contributed by atoms with E-state index >= 15 is 0 Å². The number of aliphatic imine (C=N–C) groups is 1. The van der Waals surface area contributed by atoms with Gasteiger partial charge in [0.15, 0.2) is 5.17 Å². The molecule has 9 heteroatoms. The molecule has 3 aromatic rings. The van der Waals surface area contributed by atoms with Crippen LogP contribution in [0.5, 0.6) is 5.75 Å². The number of methoxy groups -OCH3 is 1. The van der Waals surface area contributed by atoms with Crippen molar-refractivity contribution >= 4 is 51.7 Å². The van der Waals surface area contributed by atoms with E-state index in [1.165, 1.54) is 23.1 Å². The normalized spacial score (nSPS) is 17.0. The van der Waals surface area contributed by atoms with Crippen molar-refractivity contribution in [3.63, 3.8) is 0 Å². The van der Waals surface area contributed by atoms with Crippen molar-refractivity contribution in [1.29, 1.82) is 0 Å². The van der Waals surface area contributed by atoms with Gasteiger partial charge in [0.2, 0.25) is 11.8 Å². The number of nitrogens with one attached hydrogen (secondary N) is 1.